The van der Waals surface area contributed by atoms with Gasteiger partial charge in [-0.25, -0.2) is 9.59 Å². The van der Waals surface area contributed by atoms with E-state index in [0.29, 0.717) is 17.4 Å². The number of nitrogens with one attached hydrogen (secondary N) is 2. The van der Waals surface area contributed by atoms with Crippen LogP contribution in [0.2, 0.25) is 0 Å². The van der Waals surface area contributed by atoms with Crippen molar-refractivity contribution >= 4 is 23.8 Å². The molecule has 23 heavy (non-hydrogen) atoms. The van der Waals surface area contributed by atoms with E-state index in [4.69, 9.17) is 4.74 Å². The summed E-state index contributed by atoms with van der Waals surface area (Å²) in [7, 11) is 0. The molecule has 2 heterocycles. The molecule has 3 N–H and O–H groups in total. The molecule has 2 saturated heterocycles. The maximum Gasteiger partial charge on any atom is 0.344 e. The van der Waals surface area contributed by atoms with Gasteiger partial charge in [0, 0.05) is 11.0 Å². The number of amides is 2. The van der Waals surface area contributed by atoms with Crippen molar-refractivity contribution in [2.75, 3.05) is 5.75 Å². The molecule has 124 valence electrons. The van der Waals surface area contributed by atoms with Gasteiger partial charge < -0.3 is 20.5 Å². The molecule has 2 aliphatic heterocycles. The Labute approximate surface area is 139 Å². The van der Waals surface area contributed by atoms with E-state index in [1.54, 1.807) is 12.1 Å². The van der Waals surface area contributed by atoms with Gasteiger partial charge in [-0.1, -0.05) is 18.2 Å². The maximum atomic E-state index is 11.4. The van der Waals surface area contributed by atoms with Crippen LogP contribution in [0, 0.1) is 0 Å². The highest BCUT2D eigenvalue weighted by molar-refractivity contribution is 8.00. The summed E-state index contributed by atoms with van der Waals surface area (Å²) in [6, 6.07) is 9.28. The highest BCUT2D eigenvalue weighted by atomic mass is 32.2. The highest BCUT2D eigenvalue weighted by Gasteiger charge is 2.42. The number of urea groups is 1. The van der Waals surface area contributed by atoms with Gasteiger partial charge in [-0.05, 0) is 31.4 Å². The molecular formula is C16H20N2O4S. The van der Waals surface area contributed by atoms with Crippen LogP contribution in [0.4, 0.5) is 4.79 Å². The molecule has 2 aliphatic rings. The third kappa shape index (κ3) is 3.90. The van der Waals surface area contributed by atoms with Crippen LogP contribution in [-0.2, 0) is 4.79 Å². The number of thioether (sulfide) groups is 1. The van der Waals surface area contributed by atoms with Crippen LogP contribution < -0.4 is 15.4 Å². The minimum absolute atomic E-state index is 0.0962. The van der Waals surface area contributed by atoms with E-state index in [2.05, 4.69) is 10.6 Å². The maximum absolute atomic E-state index is 11.4. The molecule has 2 amide bonds. The Morgan fingerprint density at radius 3 is 2.87 bits per heavy atom. The van der Waals surface area contributed by atoms with Crippen LogP contribution in [0.5, 0.6) is 5.75 Å². The number of carboxylic acids is 1. The molecule has 1 unspecified atom stereocenters. The number of carboxylic acid groups (broad SMARTS) is 1. The van der Waals surface area contributed by atoms with Crippen molar-refractivity contribution in [3.63, 3.8) is 0 Å². The topological polar surface area (TPSA) is 87.7 Å². The number of carbonyl (C=O) groups is 2. The number of hydrogen-bond acceptors (Lipinski definition) is 4. The second-order valence-electron chi connectivity index (χ2n) is 5.81. The van der Waals surface area contributed by atoms with E-state index in [9.17, 15) is 14.7 Å². The number of rotatable bonds is 7. The zero-order valence-electron chi connectivity index (χ0n) is 12.6. The van der Waals surface area contributed by atoms with Crippen molar-refractivity contribution in [3.8, 4) is 5.75 Å². The molecule has 3 rings (SSSR count). The fraction of sp³-hybridized carbons (Fsp3) is 0.500. The molecule has 0 bridgehead atoms. The lowest BCUT2D eigenvalue weighted by Gasteiger charge is -2.19. The Bertz CT molecular complexity index is 568. The number of hydrogen-bond donors (Lipinski definition) is 3. The van der Waals surface area contributed by atoms with Crippen molar-refractivity contribution in [2.45, 2.75) is 42.7 Å². The number of carbonyl (C=O) groups excluding carboxylic acids is 1. The molecule has 6 nitrogen and oxygen atoms in total. The molecule has 1 aromatic carbocycles. The Morgan fingerprint density at radius 2 is 2.13 bits per heavy atom. The number of benzene rings is 1. The van der Waals surface area contributed by atoms with Gasteiger partial charge in [-0.3, -0.25) is 0 Å². The minimum Gasteiger partial charge on any atom is -0.479 e. The smallest absolute Gasteiger partial charge is 0.344 e. The molecule has 7 heteroatoms. The molecule has 4 atom stereocenters. The molecule has 1 aromatic rings. The summed E-state index contributed by atoms with van der Waals surface area (Å²) >= 11 is 1.84. The van der Waals surface area contributed by atoms with Crippen molar-refractivity contribution in [2.24, 2.45) is 0 Å². The average Bonchev–Trinajstić information content (AvgIpc) is 3.07. The number of ether oxygens (including phenoxy) is 1. The number of aliphatic carboxylic acids is 1. The van der Waals surface area contributed by atoms with Gasteiger partial charge >= 0.3 is 12.0 Å². The third-order valence-electron chi connectivity index (χ3n) is 4.19. The van der Waals surface area contributed by atoms with E-state index in [1.165, 1.54) is 0 Å². The monoisotopic (exact) mass is 336 g/mol. The van der Waals surface area contributed by atoms with E-state index >= 15 is 0 Å². The molecule has 0 radical (unpaired) electrons. The molecule has 0 spiro atoms. The summed E-state index contributed by atoms with van der Waals surface area (Å²) in [6.07, 6.45) is 1.24. The predicted molar refractivity (Wildman–Crippen MR) is 87.8 cm³/mol. The largest absolute Gasteiger partial charge is 0.479 e. The molecule has 2 fully saturated rings. The Morgan fingerprint density at radius 1 is 1.35 bits per heavy atom. The van der Waals surface area contributed by atoms with Crippen LogP contribution in [0.1, 0.15) is 19.3 Å². The zero-order chi connectivity index (χ0) is 16.2. The number of para-hydroxylation sites is 1. The van der Waals surface area contributed by atoms with Crippen molar-refractivity contribution in [1.29, 1.82) is 0 Å². The van der Waals surface area contributed by atoms with Crippen molar-refractivity contribution < 1.29 is 19.4 Å². The first-order valence-electron chi connectivity index (χ1n) is 7.76. The van der Waals surface area contributed by atoms with Gasteiger partial charge in [0.2, 0.25) is 0 Å². The normalized spacial score (nSPS) is 27.0. The summed E-state index contributed by atoms with van der Waals surface area (Å²) in [6.45, 7) is 0. The van der Waals surface area contributed by atoms with E-state index in [1.807, 2.05) is 30.0 Å². The SMILES string of the molecule is O=C1N[C@H]2[C@H](CS[C@H]2CCCC(Oc2ccccc2)C(=O)O)N1. The van der Waals surface area contributed by atoms with Gasteiger partial charge in [0.05, 0.1) is 12.1 Å². The van der Waals surface area contributed by atoms with Gasteiger partial charge in [-0.15, -0.1) is 0 Å². The van der Waals surface area contributed by atoms with E-state index in [-0.39, 0.29) is 18.1 Å². The molecular weight excluding hydrogens is 316 g/mol. The summed E-state index contributed by atoms with van der Waals surface area (Å²) in [5, 5.41) is 15.5. The molecule has 0 saturated carbocycles. The quantitative estimate of drug-likeness (QED) is 0.662. The van der Waals surface area contributed by atoms with E-state index < -0.39 is 12.1 Å². The first kappa shape index (κ1) is 16.0. The Balaban J connectivity index is 1.48. The van der Waals surface area contributed by atoms with E-state index in [0.717, 1.165) is 18.6 Å². The van der Waals surface area contributed by atoms with Gasteiger partial charge in [0.1, 0.15) is 5.75 Å². The van der Waals surface area contributed by atoms with Crippen LogP contribution in [0.15, 0.2) is 30.3 Å². The van der Waals surface area contributed by atoms with Gasteiger partial charge in [-0.2, -0.15) is 11.8 Å². The zero-order valence-corrected chi connectivity index (χ0v) is 13.4. The number of fused-ring (bicyclic) bond motifs is 1. The van der Waals surface area contributed by atoms with Crippen LogP contribution in [-0.4, -0.2) is 46.3 Å². The van der Waals surface area contributed by atoms with Gasteiger partial charge in [0.25, 0.3) is 0 Å². The highest BCUT2D eigenvalue weighted by Crippen LogP contribution is 2.33. The lowest BCUT2D eigenvalue weighted by molar-refractivity contribution is -0.145. The Hall–Kier alpha value is -1.89. The lowest BCUT2D eigenvalue weighted by atomic mass is 10.0. The van der Waals surface area contributed by atoms with Gasteiger partial charge in [0.15, 0.2) is 6.10 Å². The summed E-state index contributed by atoms with van der Waals surface area (Å²) in [4.78, 5) is 22.7. The summed E-state index contributed by atoms with van der Waals surface area (Å²) in [5.74, 6) is 0.542. The minimum atomic E-state index is -0.943. The Kier molecular flexibility index (Phi) is 4.95. The molecule has 0 aliphatic carbocycles. The second kappa shape index (κ2) is 7.12. The first-order valence-corrected chi connectivity index (χ1v) is 8.81. The summed E-state index contributed by atoms with van der Waals surface area (Å²) in [5.41, 5.74) is 0. The van der Waals surface area contributed by atoms with Crippen molar-refractivity contribution in [1.82, 2.24) is 10.6 Å². The van der Waals surface area contributed by atoms with Crippen LogP contribution >= 0.6 is 11.8 Å². The second-order valence-corrected chi connectivity index (χ2v) is 7.08. The standard InChI is InChI=1S/C16H20N2O4S/c19-15(20)12(22-10-5-2-1-3-6-10)7-4-8-13-14-11(9-23-13)17-16(21)18-14/h1-3,5-6,11-14H,4,7-9H2,(H,19,20)(H2,17,18,21)/t11-,12?,13-,14-/m0/s1. The fourth-order valence-corrected chi connectivity index (χ4v) is 4.59. The van der Waals surface area contributed by atoms with Crippen LogP contribution in [0.25, 0.3) is 0 Å². The fourth-order valence-electron chi connectivity index (χ4n) is 3.04. The lowest BCUT2D eigenvalue weighted by Crippen LogP contribution is -2.37. The van der Waals surface area contributed by atoms with Crippen LogP contribution in [0.3, 0.4) is 0 Å². The van der Waals surface area contributed by atoms with Crippen molar-refractivity contribution in [3.05, 3.63) is 30.3 Å². The molecule has 0 aromatic heterocycles. The predicted octanol–water partition coefficient (Wildman–Crippen LogP) is 1.85. The summed E-state index contributed by atoms with van der Waals surface area (Å²) < 4.78 is 5.56. The third-order valence-corrected chi connectivity index (χ3v) is 5.70. The average molecular weight is 336 g/mol. The first-order chi connectivity index (χ1) is 11.1.